The Balaban J connectivity index is 1.96. The van der Waals surface area contributed by atoms with Gasteiger partial charge in [-0.1, -0.05) is 24.3 Å². The number of carbonyl (C=O) groups is 1. The van der Waals surface area contributed by atoms with Crippen molar-refractivity contribution in [3.05, 3.63) is 65.7 Å². The molecule has 0 bridgehead atoms. The third-order valence-electron chi connectivity index (χ3n) is 3.24. The van der Waals surface area contributed by atoms with Crippen molar-refractivity contribution >= 4 is 5.91 Å². The number of nitrogens with one attached hydrogen (secondary N) is 1. The molecule has 0 aliphatic carbocycles. The van der Waals surface area contributed by atoms with E-state index >= 15 is 0 Å². The van der Waals surface area contributed by atoms with Crippen LogP contribution < -0.4 is 10.1 Å². The highest BCUT2D eigenvalue weighted by atomic mass is 19.1. The minimum absolute atomic E-state index is 0.0274. The van der Waals surface area contributed by atoms with Gasteiger partial charge in [-0.25, -0.2) is 8.78 Å². The predicted molar refractivity (Wildman–Crippen MR) is 79.4 cm³/mol. The largest absolute Gasteiger partial charge is 0.478 e. The predicted octanol–water partition coefficient (Wildman–Crippen LogP) is 3.61. The first-order valence-electron chi connectivity index (χ1n) is 6.94. The van der Waals surface area contributed by atoms with Crippen LogP contribution in [-0.2, 0) is 4.79 Å². The molecule has 0 spiro atoms. The molecule has 2 unspecified atom stereocenters. The number of benzene rings is 2. The summed E-state index contributed by atoms with van der Waals surface area (Å²) >= 11 is 0. The number of rotatable bonds is 5. The smallest absolute Gasteiger partial charge is 0.261 e. The SMILES string of the molecule is CC(Oc1ccccc1F)C(=O)NC(C)c1ccc(F)cc1. The summed E-state index contributed by atoms with van der Waals surface area (Å²) in [6.07, 6.45) is -0.847. The number of hydrogen-bond acceptors (Lipinski definition) is 2. The van der Waals surface area contributed by atoms with Crippen LogP contribution in [0.5, 0.6) is 5.75 Å². The molecule has 0 aliphatic rings. The van der Waals surface area contributed by atoms with Gasteiger partial charge in [-0.15, -0.1) is 0 Å². The Morgan fingerprint density at radius 2 is 1.68 bits per heavy atom. The van der Waals surface area contributed by atoms with Crippen molar-refractivity contribution in [1.82, 2.24) is 5.32 Å². The fourth-order valence-electron chi connectivity index (χ4n) is 1.95. The van der Waals surface area contributed by atoms with Crippen molar-refractivity contribution in [2.24, 2.45) is 0 Å². The van der Waals surface area contributed by atoms with Crippen LogP contribution in [0.25, 0.3) is 0 Å². The molecule has 0 saturated carbocycles. The molecule has 3 nitrogen and oxygen atoms in total. The molecule has 0 radical (unpaired) electrons. The van der Waals surface area contributed by atoms with Crippen molar-refractivity contribution in [3.8, 4) is 5.75 Å². The summed E-state index contributed by atoms with van der Waals surface area (Å²) in [5.41, 5.74) is 0.771. The second kappa shape index (κ2) is 7.02. The number of ether oxygens (including phenoxy) is 1. The van der Waals surface area contributed by atoms with Crippen molar-refractivity contribution in [2.75, 3.05) is 0 Å². The average molecular weight is 305 g/mol. The van der Waals surface area contributed by atoms with Crippen molar-refractivity contribution in [1.29, 1.82) is 0 Å². The summed E-state index contributed by atoms with van der Waals surface area (Å²) in [5, 5.41) is 2.75. The van der Waals surface area contributed by atoms with Gasteiger partial charge in [0.1, 0.15) is 5.82 Å². The molecule has 0 fully saturated rings. The lowest BCUT2D eigenvalue weighted by Crippen LogP contribution is -2.37. The molecule has 22 heavy (non-hydrogen) atoms. The van der Waals surface area contributed by atoms with Crippen LogP contribution in [0, 0.1) is 11.6 Å². The van der Waals surface area contributed by atoms with Crippen LogP contribution >= 0.6 is 0 Å². The van der Waals surface area contributed by atoms with E-state index in [-0.39, 0.29) is 23.5 Å². The van der Waals surface area contributed by atoms with Crippen LogP contribution in [-0.4, -0.2) is 12.0 Å². The highest BCUT2D eigenvalue weighted by Gasteiger charge is 2.18. The number of para-hydroxylation sites is 1. The van der Waals surface area contributed by atoms with E-state index in [1.807, 2.05) is 0 Å². The van der Waals surface area contributed by atoms with Crippen LogP contribution in [0.15, 0.2) is 48.5 Å². The molecule has 0 aliphatic heterocycles. The molecule has 0 saturated heterocycles. The normalized spacial score (nSPS) is 13.3. The molecule has 1 amide bonds. The number of amides is 1. The summed E-state index contributed by atoms with van der Waals surface area (Å²) in [6, 6.07) is 11.5. The highest BCUT2D eigenvalue weighted by Crippen LogP contribution is 2.18. The Bertz CT molecular complexity index is 643. The monoisotopic (exact) mass is 305 g/mol. The first-order valence-corrected chi connectivity index (χ1v) is 6.94. The van der Waals surface area contributed by atoms with E-state index < -0.39 is 11.9 Å². The Kier molecular flexibility index (Phi) is 5.09. The Morgan fingerprint density at radius 1 is 1.05 bits per heavy atom. The van der Waals surface area contributed by atoms with Gasteiger partial charge < -0.3 is 10.1 Å². The van der Waals surface area contributed by atoms with Gasteiger partial charge in [0, 0.05) is 0 Å². The zero-order valence-corrected chi connectivity index (χ0v) is 12.3. The molecular weight excluding hydrogens is 288 g/mol. The van der Waals surface area contributed by atoms with Gasteiger partial charge >= 0.3 is 0 Å². The molecular formula is C17H17F2NO2. The lowest BCUT2D eigenvalue weighted by molar-refractivity contribution is -0.128. The first-order chi connectivity index (χ1) is 10.5. The zero-order valence-electron chi connectivity index (χ0n) is 12.3. The third kappa shape index (κ3) is 4.04. The standard InChI is InChI=1S/C17H17F2NO2/c1-11(13-7-9-14(18)10-8-13)20-17(21)12(2)22-16-6-4-3-5-15(16)19/h3-12H,1-2H3,(H,20,21). The average Bonchev–Trinajstić information content (AvgIpc) is 2.50. The second-order valence-electron chi connectivity index (χ2n) is 4.97. The van der Waals surface area contributed by atoms with Crippen LogP contribution in [0.4, 0.5) is 8.78 Å². The molecule has 0 heterocycles. The summed E-state index contributed by atoms with van der Waals surface area (Å²) < 4.78 is 31.7. The highest BCUT2D eigenvalue weighted by molar-refractivity contribution is 5.81. The van der Waals surface area contributed by atoms with Crippen LogP contribution in [0.1, 0.15) is 25.5 Å². The maximum Gasteiger partial charge on any atom is 0.261 e. The van der Waals surface area contributed by atoms with E-state index in [0.29, 0.717) is 0 Å². The van der Waals surface area contributed by atoms with E-state index in [0.717, 1.165) is 5.56 Å². The van der Waals surface area contributed by atoms with Gasteiger partial charge in [0.25, 0.3) is 5.91 Å². The fraction of sp³-hybridized carbons (Fsp3) is 0.235. The van der Waals surface area contributed by atoms with Gasteiger partial charge in [-0.2, -0.15) is 0 Å². The summed E-state index contributed by atoms with van der Waals surface area (Å²) in [7, 11) is 0. The molecule has 2 aromatic rings. The van der Waals surface area contributed by atoms with E-state index in [2.05, 4.69) is 5.32 Å². The van der Waals surface area contributed by atoms with Gasteiger partial charge in [0.2, 0.25) is 0 Å². The minimum Gasteiger partial charge on any atom is -0.478 e. The Hall–Kier alpha value is -2.43. The first kappa shape index (κ1) is 15.9. The van der Waals surface area contributed by atoms with Crippen molar-refractivity contribution in [2.45, 2.75) is 26.0 Å². The molecule has 0 aromatic heterocycles. The molecule has 2 aromatic carbocycles. The Morgan fingerprint density at radius 3 is 2.32 bits per heavy atom. The van der Waals surface area contributed by atoms with Gasteiger partial charge in [0.15, 0.2) is 17.7 Å². The molecule has 2 rings (SSSR count). The van der Waals surface area contributed by atoms with E-state index in [4.69, 9.17) is 4.74 Å². The summed E-state index contributed by atoms with van der Waals surface area (Å²) in [6.45, 7) is 3.32. The third-order valence-corrected chi connectivity index (χ3v) is 3.24. The van der Waals surface area contributed by atoms with Crippen molar-refractivity contribution < 1.29 is 18.3 Å². The van der Waals surface area contributed by atoms with E-state index in [9.17, 15) is 13.6 Å². The van der Waals surface area contributed by atoms with E-state index in [1.165, 1.54) is 24.3 Å². The maximum atomic E-state index is 13.5. The number of carbonyl (C=O) groups excluding carboxylic acids is 1. The quantitative estimate of drug-likeness (QED) is 0.916. The molecule has 5 heteroatoms. The van der Waals surface area contributed by atoms with Gasteiger partial charge in [-0.05, 0) is 43.7 Å². The van der Waals surface area contributed by atoms with Crippen molar-refractivity contribution in [3.63, 3.8) is 0 Å². The van der Waals surface area contributed by atoms with Gasteiger partial charge in [-0.3, -0.25) is 4.79 Å². The van der Waals surface area contributed by atoms with Crippen LogP contribution in [0.2, 0.25) is 0 Å². The topological polar surface area (TPSA) is 38.3 Å². The molecule has 116 valence electrons. The lowest BCUT2D eigenvalue weighted by atomic mass is 10.1. The Labute approximate surface area is 127 Å². The number of hydrogen-bond donors (Lipinski definition) is 1. The minimum atomic E-state index is -0.847. The van der Waals surface area contributed by atoms with Gasteiger partial charge in [0.05, 0.1) is 6.04 Å². The lowest BCUT2D eigenvalue weighted by Gasteiger charge is -2.19. The molecule has 1 N–H and O–H groups in total. The maximum absolute atomic E-state index is 13.5. The summed E-state index contributed by atoms with van der Waals surface area (Å²) in [5.74, 6) is -1.20. The van der Waals surface area contributed by atoms with E-state index in [1.54, 1.807) is 38.1 Å². The second-order valence-corrected chi connectivity index (χ2v) is 4.97. The summed E-state index contributed by atoms with van der Waals surface area (Å²) in [4.78, 5) is 12.1. The molecule has 2 atom stereocenters. The number of halogens is 2. The zero-order chi connectivity index (χ0) is 16.1. The fourth-order valence-corrected chi connectivity index (χ4v) is 1.95. The van der Waals surface area contributed by atoms with Crippen LogP contribution in [0.3, 0.4) is 0 Å².